The monoisotopic (exact) mass is 445 g/mol. The maximum absolute atomic E-state index is 5.99. The van der Waals surface area contributed by atoms with Gasteiger partial charge < -0.3 is 28.4 Å². The molecule has 0 aromatic rings. The van der Waals surface area contributed by atoms with Crippen molar-refractivity contribution < 1.29 is 30.7 Å². The van der Waals surface area contributed by atoms with Gasteiger partial charge in [0.1, 0.15) is 0 Å². The molecule has 0 amide bonds. The van der Waals surface area contributed by atoms with E-state index in [9.17, 15) is 0 Å². The Kier molecular flexibility index (Phi) is 35.1. The quantitative estimate of drug-likeness (QED) is 0.281. The Morgan fingerprint density at radius 1 is 1.06 bits per heavy atom. The van der Waals surface area contributed by atoms with Crippen LogP contribution >= 0.6 is 11.6 Å². The number of alkyl halides is 1. The van der Waals surface area contributed by atoms with E-state index in [0.717, 1.165) is 6.42 Å². The minimum Gasteiger partial charge on any atom is -0.668 e. The van der Waals surface area contributed by atoms with Crippen molar-refractivity contribution in [1.29, 1.82) is 0 Å². The molecular weight excluding hydrogens is 416 g/mol. The number of halogens is 1. The Labute approximate surface area is 138 Å². The van der Waals surface area contributed by atoms with Gasteiger partial charge in [-0.05, 0) is 18.8 Å². The maximum atomic E-state index is 5.99. The standard InChI is InChI=1S/C7H13ClNO.2C2H6N.CH3.Hf/c1-9-10-5-6-3-2-4-7(6)8;2*1-3-2;;/h6-7H,2-5H2,1H3;2*1-2H3;1H3;/q4*-1;+4/t6-,7?;;;;/m0..../s1. The number of hydrogen-bond donors (Lipinski definition) is 0. The molecule has 108 valence electrons. The molecule has 6 heteroatoms. The third-order valence-electron chi connectivity index (χ3n) is 1.98. The van der Waals surface area contributed by atoms with Crippen LogP contribution in [0.5, 0.6) is 0 Å². The molecule has 0 saturated heterocycles. The summed E-state index contributed by atoms with van der Waals surface area (Å²) in [5, 5.41) is 7.32. The molecule has 1 saturated carbocycles. The Bertz CT molecular complexity index is 132. The van der Waals surface area contributed by atoms with E-state index >= 15 is 0 Å². The van der Waals surface area contributed by atoms with Crippen LogP contribution in [0.15, 0.2) is 0 Å². The van der Waals surface area contributed by atoms with Crippen LogP contribution < -0.4 is 0 Å². The largest absolute Gasteiger partial charge is 4.00 e. The van der Waals surface area contributed by atoms with Gasteiger partial charge in [0.05, 0.1) is 0 Å². The van der Waals surface area contributed by atoms with E-state index in [1.54, 1.807) is 35.2 Å². The molecule has 0 aromatic heterocycles. The fourth-order valence-electron chi connectivity index (χ4n) is 1.35. The first-order chi connectivity index (χ1) is 7.67. The van der Waals surface area contributed by atoms with Gasteiger partial charge in [0.25, 0.3) is 0 Å². The van der Waals surface area contributed by atoms with Crippen LogP contribution in [0.2, 0.25) is 0 Å². The third-order valence-corrected chi connectivity index (χ3v) is 2.56. The summed E-state index contributed by atoms with van der Waals surface area (Å²) in [5.41, 5.74) is 3.57. The van der Waals surface area contributed by atoms with Gasteiger partial charge >= 0.3 is 25.8 Å². The second kappa shape index (κ2) is 23.1. The molecule has 0 bridgehead atoms. The Balaban J connectivity index is -0.000000106. The molecular formula is C12H28ClHfN3O. The fraction of sp³-hybridized carbons (Fsp3) is 0.917. The summed E-state index contributed by atoms with van der Waals surface area (Å²) in [4.78, 5) is 4.93. The average molecular weight is 444 g/mol. The smallest absolute Gasteiger partial charge is 0.668 e. The molecule has 1 unspecified atom stereocenters. The van der Waals surface area contributed by atoms with Crippen molar-refractivity contribution in [2.45, 2.75) is 24.6 Å². The molecule has 0 radical (unpaired) electrons. The average Bonchev–Trinajstić information content (AvgIpc) is 2.63. The van der Waals surface area contributed by atoms with Crippen molar-refractivity contribution >= 4 is 11.6 Å². The normalized spacial score (nSPS) is 20.3. The van der Waals surface area contributed by atoms with Crippen molar-refractivity contribution in [2.75, 3.05) is 41.8 Å². The minimum atomic E-state index is 0. The first-order valence-corrected chi connectivity index (χ1v) is 5.92. The molecule has 0 aromatic carbocycles. The van der Waals surface area contributed by atoms with Crippen LogP contribution in [-0.4, -0.2) is 47.2 Å². The van der Waals surface area contributed by atoms with Gasteiger partial charge in [-0.25, -0.2) is 0 Å². The van der Waals surface area contributed by atoms with E-state index in [1.165, 1.54) is 12.8 Å². The first-order valence-electron chi connectivity index (χ1n) is 5.48. The summed E-state index contributed by atoms with van der Waals surface area (Å²) < 4.78 is 0. The molecule has 1 aliphatic carbocycles. The molecule has 0 spiro atoms. The summed E-state index contributed by atoms with van der Waals surface area (Å²) in [6, 6.07) is 0. The van der Waals surface area contributed by atoms with Crippen molar-refractivity contribution in [3.05, 3.63) is 23.5 Å². The van der Waals surface area contributed by atoms with Crippen LogP contribution in [0.1, 0.15) is 19.3 Å². The number of nitrogens with zero attached hydrogens (tertiary/aromatic N) is 3. The van der Waals surface area contributed by atoms with E-state index < -0.39 is 0 Å². The molecule has 2 atom stereocenters. The van der Waals surface area contributed by atoms with E-state index in [4.69, 9.17) is 16.4 Å². The second-order valence-electron chi connectivity index (χ2n) is 3.58. The van der Waals surface area contributed by atoms with E-state index in [0.29, 0.717) is 17.9 Å². The van der Waals surface area contributed by atoms with E-state index in [1.807, 2.05) is 0 Å². The van der Waals surface area contributed by atoms with Gasteiger partial charge in [-0.3, -0.25) is 0 Å². The SMILES string of the molecule is C[N-]C.C[N-]C.C[N-]OC[C@@H]1CCCC1Cl.[CH3-].[Hf+4]. The summed E-state index contributed by atoms with van der Waals surface area (Å²) >= 11 is 5.99. The molecule has 1 rings (SSSR count). The van der Waals surface area contributed by atoms with Gasteiger partial charge in [-0.1, -0.05) is 6.42 Å². The third kappa shape index (κ3) is 19.3. The fourth-order valence-corrected chi connectivity index (χ4v) is 1.70. The van der Waals surface area contributed by atoms with Crippen LogP contribution in [0.4, 0.5) is 0 Å². The van der Waals surface area contributed by atoms with Crippen LogP contribution in [0.3, 0.4) is 0 Å². The zero-order valence-electron chi connectivity index (χ0n) is 12.6. The summed E-state index contributed by atoms with van der Waals surface area (Å²) in [6.45, 7) is 0.699. The van der Waals surface area contributed by atoms with E-state index in [2.05, 4.69) is 16.1 Å². The van der Waals surface area contributed by atoms with Crippen molar-refractivity contribution in [3.8, 4) is 0 Å². The van der Waals surface area contributed by atoms with E-state index in [-0.39, 0.29) is 33.3 Å². The van der Waals surface area contributed by atoms with Crippen molar-refractivity contribution in [1.82, 2.24) is 0 Å². The summed E-state index contributed by atoms with van der Waals surface area (Å²) in [6.07, 6.45) is 3.58. The summed E-state index contributed by atoms with van der Waals surface area (Å²) in [5.74, 6) is 0.533. The van der Waals surface area contributed by atoms with Gasteiger partial charge in [-0.2, -0.15) is 28.2 Å². The number of hydrogen-bond acceptors (Lipinski definition) is 1. The molecule has 0 N–H and O–H groups in total. The zero-order chi connectivity index (χ0) is 12.8. The van der Waals surface area contributed by atoms with Gasteiger partial charge in [0, 0.05) is 12.0 Å². The molecule has 4 nitrogen and oxygen atoms in total. The van der Waals surface area contributed by atoms with Crippen LogP contribution in [0.25, 0.3) is 16.1 Å². The summed E-state index contributed by atoms with van der Waals surface area (Å²) in [7, 11) is 8.65. The first kappa shape index (κ1) is 27.4. The molecule has 1 fully saturated rings. The zero-order valence-corrected chi connectivity index (χ0v) is 17.0. The van der Waals surface area contributed by atoms with Crippen molar-refractivity contribution in [3.63, 3.8) is 0 Å². The maximum Gasteiger partial charge on any atom is 4.00 e. The van der Waals surface area contributed by atoms with Crippen LogP contribution in [-0.2, 0) is 30.7 Å². The molecule has 0 heterocycles. The molecule has 1 aliphatic rings. The topological polar surface area (TPSA) is 51.5 Å². The Morgan fingerprint density at radius 3 is 1.78 bits per heavy atom. The van der Waals surface area contributed by atoms with Crippen molar-refractivity contribution in [2.24, 2.45) is 5.92 Å². The van der Waals surface area contributed by atoms with Gasteiger partial charge in [0.15, 0.2) is 0 Å². The predicted octanol–water partition coefficient (Wildman–Crippen LogP) is 4.02. The Hall–Kier alpha value is 1.00. The molecule has 0 aliphatic heterocycles. The second-order valence-corrected chi connectivity index (χ2v) is 4.14. The number of rotatable bonds is 3. The minimum absolute atomic E-state index is 0. The predicted molar refractivity (Wildman–Crippen MR) is 79.0 cm³/mol. The van der Waals surface area contributed by atoms with Crippen LogP contribution in [0, 0.1) is 13.3 Å². The Morgan fingerprint density at radius 2 is 1.50 bits per heavy atom. The molecule has 18 heavy (non-hydrogen) atoms. The van der Waals surface area contributed by atoms with Gasteiger partial charge in [-0.15, -0.1) is 18.6 Å². The number of hydroxylamine groups is 1. The van der Waals surface area contributed by atoms with Gasteiger partial charge in [0.2, 0.25) is 0 Å².